The van der Waals surface area contributed by atoms with E-state index in [1.165, 1.54) is 0 Å². The van der Waals surface area contributed by atoms with Crippen LogP contribution in [0.2, 0.25) is 0 Å². The Balaban J connectivity index is 1.46. The number of hydrogen-bond acceptors (Lipinski definition) is 5. The number of aromatic nitrogens is 1. The third-order valence-corrected chi connectivity index (χ3v) is 8.10. The number of rotatable bonds is 12. The van der Waals surface area contributed by atoms with Gasteiger partial charge in [-0.3, -0.25) is 9.11 Å². The summed E-state index contributed by atoms with van der Waals surface area (Å²) in [6, 6.07) is 19.7. The molecule has 1 aliphatic rings. The fraction of sp³-hybridized carbons (Fsp3) is 0.194. The molecule has 0 fully saturated rings. The zero-order valence-electron chi connectivity index (χ0n) is 22.5. The molecule has 0 saturated carbocycles. The minimum atomic E-state index is -4.02. The summed E-state index contributed by atoms with van der Waals surface area (Å²) in [7, 11) is -8.05. The van der Waals surface area contributed by atoms with Crippen molar-refractivity contribution >= 4 is 49.0 Å². The number of hydrogen-bond donors (Lipinski definition) is 2. The molecule has 2 heterocycles. The van der Waals surface area contributed by atoms with E-state index in [0.29, 0.717) is 13.1 Å². The SMILES string of the molecule is O=S(=O)(O)CCCN1C(=CC=CC=CC=Cc2ccc3ccccc3[n+]2CCCS(=O)(=O)O)C=Cc2ccccc21. The van der Waals surface area contributed by atoms with Gasteiger partial charge in [0.25, 0.3) is 20.2 Å². The van der Waals surface area contributed by atoms with Gasteiger partial charge in [-0.1, -0.05) is 66.8 Å². The van der Waals surface area contributed by atoms with Crippen molar-refractivity contribution < 1.29 is 30.5 Å². The molecule has 214 valence electrons. The van der Waals surface area contributed by atoms with Crippen LogP contribution in [0.25, 0.3) is 23.1 Å². The molecule has 4 rings (SSSR count). The van der Waals surface area contributed by atoms with Gasteiger partial charge in [-0.15, -0.1) is 0 Å². The number of anilines is 1. The van der Waals surface area contributed by atoms with Crippen LogP contribution in [0, 0.1) is 0 Å². The number of allylic oxidation sites excluding steroid dienone is 7. The Morgan fingerprint density at radius 2 is 1.41 bits per heavy atom. The zero-order valence-corrected chi connectivity index (χ0v) is 24.1. The maximum Gasteiger partial charge on any atom is 0.265 e. The predicted octanol–water partition coefficient (Wildman–Crippen LogP) is 5.23. The fourth-order valence-electron chi connectivity index (χ4n) is 4.66. The molecule has 1 aliphatic heterocycles. The lowest BCUT2D eigenvalue weighted by Gasteiger charge is -2.30. The largest absolute Gasteiger partial charge is 0.341 e. The number of para-hydroxylation sites is 2. The summed E-state index contributed by atoms with van der Waals surface area (Å²) in [5.74, 6) is -0.601. The first kappa shape index (κ1) is 30.1. The molecule has 0 radical (unpaired) electrons. The molecule has 0 amide bonds. The number of pyridine rings is 1. The van der Waals surface area contributed by atoms with E-state index in [1.807, 2.05) is 125 Å². The van der Waals surface area contributed by atoms with Crippen LogP contribution in [-0.2, 0) is 26.8 Å². The maximum atomic E-state index is 11.2. The highest BCUT2D eigenvalue weighted by atomic mass is 32.2. The van der Waals surface area contributed by atoms with Crippen LogP contribution in [0.1, 0.15) is 24.1 Å². The molecule has 3 aromatic rings. The van der Waals surface area contributed by atoms with Crippen molar-refractivity contribution in [2.45, 2.75) is 19.4 Å². The van der Waals surface area contributed by atoms with Crippen molar-refractivity contribution in [3.63, 3.8) is 0 Å². The normalized spacial score (nSPS) is 15.2. The standard InChI is InChI=1S/C31H32N2O6S2/c34-40(35,36)24-10-22-32-28(20-18-26-12-6-8-16-30(26)32)14-4-2-1-3-5-15-29-21-19-27-13-7-9-17-31(27)33(29)23-11-25-41(37,38)39/h1-9,12-21H,10-11,22-25H2,(H-,34,35,36,37,38,39)/p+1. The molecule has 1 aromatic heterocycles. The van der Waals surface area contributed by atoms with Gasteiger partial charge in [0.2, 0.25) is 11.2 Å². The molecule has 2 aromatic carbocycles. The Bertz CT molecular complexity index is 1750. The van der Waals surface area contributed by atoms with Crippen molar-refractivity contribution in [3.8, 4) is 0 Å². The van der Waals surface area contributed by atoms with Crippen LogP contribution in [0.4, 0.5) is 5.69 Å². The van der Waals surface area contributed by atoms with E-state index in [0.717, 1.165) is 33.5 Å². The Labute approximate surface area is 241 Å². The minimum Gasteiger partial charge on any atom is -0.341 e. The molecule has 10 heteroatoms. The second kappa shape index (κ2) is 13.7. The summed E-state index contributed by atoms with van der Waals surface area (Å²) >= 11 is 0. The Morgan fingerprint density at radius 3 is 2.22 bits per heavy atom. The van der Waals surface area contributed by atoms with E-state index in [-0.39, 0.29) is 24.3 Å². The Kier molecular flexibility index (Phi) is 10.1. The zero-order chi connectivity index (χ0) is 29.3. The lowest BCUT2D eigenvalue weighted by molar-refractivity contribution is -0.673. The van der Waals surface area contributed by atoms with E-state index in [1.54, 1.807) is 0 Å². The van der Waals surface area contributed by atoms with E-state index in [9.17, 15) is 16.8 Å². The van der Waals surface area contributed by atoms with Gasteiger partial charge in [0.05, 0.1) is 11.5 Å². The second-order valence-electron chi connectivity index (χ2n) is 9.51. The lowest BCUT2D eigenvalue weighted by atomic mass is 10.1. The van der Waals surface area contributed by atoms with Crippen LogP contribution in [0.5, 0.6) is 0 Å². The topological polar surface area (TPSA) is 116 Å². The molecular formula is C31H33N2O6S2+. The molecule has 2 N–H and O–H groups in total. The number of benzene rings is 2. The van der Waals surface area contributed by atoms with Crippen molar-refractivity contribution in [2.75, 3.05) is 23.0 Å². The van der Waals surface area contributed by atoms with Crippen LogP contribution in [0.3, 0.4) is 0 Å². The molecular weight excluding hydrogens is 560 g/mol. The molecule has 0 spiro atoms. The number of aryl methyl sites for hydroxylation is 1. The number of nitrogens with zero attached hydrogens (tertiary/aromatic N) is 2. The highest BCUT2D eigenvalue weighted by Gasteiger charge is 2.18. The summed E-state index contributed by atoms with van der Waals surface area (Å²) in [5.41, 5.74) is 4.80. The Hall–Kier alpha value is -3.83. The molecule has 8 nitrogen and oxygen atoms in total. The summed E-state index contributed by atoms with van der Waals surface area (Å²) in [6.07, 6.45) is 17.9. The van der Waals surface area contributed by atoms with Crippen molar-refractivity contribution in [1.29, 1.82) is 0 Å². The first-order valence-electron chi connectivity index (χ1n) is 13.2. The fourth-order valence-corrected chi connectivity index (χ4v) is 5.65. The summed E-state index contributed by atoms with van der Waals surface area (Å²) in [6.45, 7) is 0.880. The second-order valence-corrected chi connectivity index (χ2v) is 12.7. The van der Waals surface area contributed by atoms with Crippen LogP contribution >= 0.6 is 0 Å². The van der Waals surface area contributed by atoms with E-state index in [4.69, 9.17) is 9.11 Å². The summed E-state index contributed by atoms with van der Waals surface area (Å²) < 4.78 is 65.1. The summed E-state index contributed by atoms with van der Waals surface area (Å²) in [5, 5.41) is 1.04. The first-order chi connectivity index (χ1) is 19.6. The van der Waals surface area contributed by atoms with Crippen LogP contribution < -0.4 is 9.47 Å². The van der Waals surface area contributed by atoms with E-state index < -0.39 is 20.2 Å². The van der Waals surface area contributed by atoms with Crippen LogP contribution in [0.15, 0.2) is 109 Å². The van der Waals surface area contributed by atoms with Crippen molar-refractivity contribution in [3.05, 3.63) is 120 Å². The van der Waals surface area contributed by atoms with Gasteiger partial charge >= 0.3 is 0 Å². The average molecular weight is 594 g/mol. The number of fused-ring (bicyclic) bond motifs is 2. The molecule has 41 heavy (non-hydrogen) atoms. The maximum absolute atomic E-state index is 11.2. The summed E-state index contributed by atoms with van der Waals surface area (Å²) in [4.78, 5) is 2.04. The smallest absolute Gasteiger partial charge is 0.265 e. The molecule has 0 atom stereocenters. The minimum absolute atomic E-state index is 0.289. The van der Waals surface area contributed by atoms with Gasteiger partial charge in [0, 0.05) is 47.9 Å². The highest BCUT2D eigenvalue weighted by Crippen LogP contribution is 2.30. The van der Waals surface area contributed by atoms with E-state index in [2.05, 4.69) is 0 Å². The third-order valence-electron chi connectivity index (χ3n) is 6.49. The first-order valence-corrected chi connectivity index (χ1v) is 16.4. The van der Waals surface area contributed by atoms with Gasteiger partial charge in [0.15, 0.2) is 6.54 Å². The Morgan fingerprint density at radius 1 is 0.732 bits per heavy atom. The molecule has 0 saturated heterocycles. The van der Waals surface area contributed by atoms with Gasteiger partial charge in [-0.2, -0.15) is 21.4 Å². The van der Waals surface area contributed by atoms with Gasteiger partial charge in [-0.25, -0.2) is 0 Å². The van der Waals surface area contributed by atoms with Crippen molar-refractivity contribution in [1.82, 2.24) is 0 Å². The van der Waals surface area contributed by atoms with Crippen molar-refractivity contribution in [2.24, 2.45) is 0 Å². The molecule has 0 aliphatic carbocycles. The quantitative estimate of drug-likeness (QED) is 0.168. The van der Waals surface area contributed by atoms with Crippen LogP contribution in [-0.4, -0.2) is 44.0 Å². The third kappa shape index (κ3) is 9.09. The molecule has 0 unspecified atom stereocenters. The van der Waals surface area contributed by atoms with Gasteiger partial charge in [0.1, 0.15) is 0 Å². The highest BCUT2D eigenvalue weighted by molar-refractivity contribution is 7.86. The molecule has 0 bridgehead atoms. The predicted molar refractivity (Wildman–Crippen MR) is 164 cm³/mol. The van der Waals surface area contributed by atoms with Gasteiger partial charge in [-0.05, 0) is 42.3 Å². The van der Waals surface area contributed by atoms with E-state index >= 15 is 0 Å². The average Bonchev–Trinajstić information content (AvgIpc) is 2.92. The van der Waals surface area contributed by atoms with Gasteiger partial charge < -0.3 is 4.90 Å². The lowest BCUT2D eigenvalue weighted by Crippen LogP contribution is -2.38. The monoisotopic (exact) mass is 593 g/mol.